The largest absolute Gasteiger partial charge is 0.382 e. The van der Waals surface area contributed by atoms with Gasteiger partial charge >= 0.3 is 0 Å². The van der Waals surface area contributed by atoms with Crippen LogP contribution in [0.25, 0.3) is 11.2 Å². The summed E-state index contributed by atoms with van der Waals surface area (Å²) in [5.41, 5.74) is 7.20. The van der Waals surface area contributed by atoms with Crippen LogP contribution in [0.1, 0.15) is 12.8 Å². The second-order valence-electron chi connectivity index (χ2n) is 4.96. The molecule has 0 radical (unpaired) electrons. The van der Waals surface area contributed by atoms with Crippen molar-refractivity contribution in [3.63, 3.8) is 0 Å². The van der Waals surface area contributed by atoms with Gasteiger partial charge in [0.15, 0.2) is 22.1 Å². The molecular formula is C16H13Cl2N5S. The number of imidazole rings is 1. The second-order valence-corrected chi connectivity index (χ2v) is 6.82. The SMILES string of the molecule is C#CCCCn1c(Sc2ccc(Cl)c(Cl)c2)nc2c(N)ncnc21. The standard InChI is InChI=1S/C16H13Cl2N5S/c1-2-3-4-7-23-15-13(14(19)20-9-21-15)22-16(23)24-10-5-6-11(17)12(18)8-10/h1,5-6,8-9H,3-4,7H2,(H2,19,20,21). The smallest absolute Gasteiger partial charge is 0.175 e. The predicted octanol–water partition coefficient (Wildman–Crippen LogP) is 4.28. The summed E-state index contributed by atoms with van der Waals surface area (Å²) < 4.78 is 2.00. The van der Waals surface area contributed by atoms with Crippen LogP contribution in [0.15, 0.2) is 34.6 Å². The quantitative estimate of drug-likeness (QED) is 0.530. The molecule has 24 heavy (non-hydrogen) atoms. The lowest BCUT2D eigenvalue weighted by atomic mass is 10.3. The Morgan fingerprint density at radius 3 is 2.83 bits per heavy atom. The van der Waals surface area contributed by atoms with Crippen LogP contribution < -0.4 is 5.73 Å². The zero-order chi connectivity index (χ0) is 17.1. The molecule has 2 heterocycles. The number of halogens is 2. The van der Waals surface area contributed by atoms with Crippen molar-refractivity contribution in [3.8, 4) is 12.3 Å². The van der Waals surface area contributed by atoms with Gasteiger partial charge in [-0.05, 0) is 24.6 Å². The van der Waals surface area contributed by atoms with Crippen molar-refractivity contribution in [3.05, 3.63) is 34.6 Å². The Bertz CT molecular complexity index is 932. The summed E-state index contributed by atoms with van der Waals surface area (Å²) in [6, 6.07) is 5.44. The molecule has 0 aliphatic heterocycles. The molecule has 0 spiro atoms. The average molecular weight is 378 g/mol. The molecule has 0 fully saturated rings. The van der Waals surface area contributed by atoms with E-state index in [2.05, 4.69) is 20.9 Å². The number of benzene rings is 1. The second kappa shape index (κ2) is 7.31. The summed E-state index contributed by atoms with van der Waals surface area (Å²) in [4.78, 5) is 13.8. The molecule has 1 aromatic carbocycles. The molecule has 2 aromatic heterocycles. The number of terminal acetylenes is 1. The number of nitrogens with zero attached hydrogens (tertiary/aromatic N) is 4. The van der Waals surface area contributed by atoms with E-state index < -0.39 is 0 Å². The van der Waals surface area contributed by atoms with Gasteiger partial charge in [0.1, 0.15) is 6.33 Å². The number of aryl methyl sites for hydroxylation is 1. The number of hydrogen-bond donors (Lipinski definition) is 1. The maximum absolute atomic E-state index is 6.09. The Kier molecular flexibility index (Phi) is 5.14. The third-order valence-electron chi connectivity index (χ3n) is 3.33. The number of anilines is 1. The van der Waals surface area contributed by atoms with Gasteiger partial charge in [-0.3, -0.25) is 0 Å². The van der Waals surface area contributed by atoms with Crippen LogP contribution in [0.5, 0.6) is 0 Å². The van der Waals surface area contributed by atoms with E-state index in [9.17, 15) is 0 Å². The lowest BCUT2D eigenvalue weighted by Crippen LogP contribution is -2.01. The van der Waals surface area contributed by atoms with Crippen LogP contribution in [0.4, 0.5) is 5.82 Å². The van der Waals surface area contributed by atoms with Crippen molar-refractivity contribution in [2.75, 3.05) is 5.73 Å². The average Bonchev–Trinajstić information content (AvgIpc) is 2.91. The van der Waals surface area contributed by atoms with E-state index in [0.29, 0.717) is 40.0 Å². The van der Waals surface area contributed by atoms with E-state index in [-0.39, 0.29) is 0 Å². The van der Waals surface area contributed by atoms with Gasteiger partial charge in [-0.2, -0.15) is 0 Å². The van der Waals surface area contributed by atoms with Crippen LogP contribution in [0.3, 0.4) is 0 Å². The van der Waals surface area contributed by atoms with Gasteiger partial charge in [0.05, 0.1) is 10.0 Å². The first-order valence-electron chi connectivity index (χ1n) is 7.13. The molecule has 3 rings (SSSR count). The number of aromatic nitrogens is 4. The molecule has 0 amide bonds. The minimum absolute atomic E-state index is 0.353. The maximum Gasteiger partial charge on any atom is 0.175 e. The molecule has 8 heteroatoms. The molecular weight excluding hydrogens is 365 g/mol. The van der Waals surface area contributed by atoms with Crippen LogP contribution in [0, 0.1) is 12.3 Å². The van der Waals surface area contributed by atoms with Crippen molar-refractivity contribution >= 4 is 51.9 Å². The van der Waals surface area contributed by atoms with E-state index >= 15 is 0 Å². The van der Waals surface area contributed by atoms with E-state index in [4.69, 9.17) is 35.4 Å². The summed E-state index contributed by atoms with van der Waals surface area (Å²) in [7, 11) is 0. The van der Waals surface area contributed by atoms with Crippen LogP contribution in [-0.4, -0.2) is 19.5 Å². The van der Waals surface area contributed by atoms with E-state index in [1.807, 2.05) is 10.6 Å². The summed E-state index contributed by atoms with van der Waals surface area (Å²) in [6.07, 6.45) is 8.28. The highest BCUT2D eigenvalue weighted by molar-refractivity contribution is 7.99. The van der Waals surface area contributed by atoms with E-state index in [0.717, 1.165) is 16.5 Å². The van der Waals surface area contributed by atoms with Crippen LogP contribution >= 0.6 is 35.0 Å². The Hall–Kier alpha value is -1.94. The first-order valence-corrected chi connectivity index (χ1v) is 8.70. The van der Waals surface area contributed by atoms with Gasteiger partial charge in [-0.1, -0.05) is 35.0 Å². The minimum Gasteiger partial charge on any atom is -0.382 e. The number of nitrogen functional groups attached to an aromatic ring is 1. The van der Waals surface area contributed by atoms with E-state index in [1.165, 1.54) is 18.1 Å². The molecule has 0 atom stereocenters. The molecule has 2 N–H and O–H groups in total. The maximum atomic E-state index is 6.09. The summed E-state index contributed by atoms with van der Waals surface area (Å²) in [5.74, 6) is 3.00. The molecule has 0 bridgehead atoms. The van der Waals surface area contributed by atoms with Gasteiger partial charge in [0.25, 0.3) is 0 Å². The Morgan fingerprint density at radius 1 is 1.25 bits per heavy atom. The fraction of sp³-hybridized carbons (Fsp3) is 0.188. The van der Waals surface area contributed by atoms with Gasteiger partial charge < -0.3 is 10.3 Å². The van der Waals surface area contributed by atoms with Crippen molar-refractivity contribution < 1.29 is 0 Å². The molecule has 5 nitrogen and oxygen atoms in total. The first kappa shape index (κ1) is 16.9. The number of unbranched alkanes of at least 4 members (excludes halogenated alkanes) is 1. The molecule has 0 unspecified atom stereocenters. The predicted molar refractivity (Wildman–Crippen MR) is 98.4 cm³/mol. The fourth-order valence-corrected chi connectivity index (χ4v) is 3.51. The Balaban J connectivity index is 2.01. The normalized spacial score (nSPS) is 10.9. The Morgan fingerprint density at radius 2 is 2.08 bits per heavy atom. The van der Waals surface area contributed by atoms with Crippen LogP contribution in [0.2, 0.25) is 10.0 Å². The van der Waals surface area contributed by atoms with Gasteiger partial charge in [0, 0.05) is 17.9 Å². The number of fused-ring (bicyclic) bond motifs is 1. The molecule has 122 valence electrons. The third-order valence-corrected chi connectivity index (χ3v) is 5.05. The van der Waals surface area contributed by atoms with Crippen molar-refractivity contribution in [2.24, 2.45) is 0 Å². The highest BCUT2D eigenvalue weighted by atomic mass is 35.5. The summed E-state index contributed by atoms with van der Waals surface area (Å²) >= 11 is 13.5. The van der Waals surface area contributed by atoms with Crippen molar-refractivity contribution in [1.29, 1.82) is 0 Å². The molecule has 3 aromatic rings. The van der Waals surface area contributed by atoms with Crippen LogP contribution in [-0.2, 0) is 6.54 Å². The topological polar surface area (TPSA) is 69.6 Å². The molecule has 0 saturated heterocycles. The summed E-state index contributed by atoms with van der Waals surface area (Å²) in [6.45, 7) is 0.695. The van der Waals surface area contributed by atoms with Crippen molar-refractivity contribution in [2.45, 2.75) is 29.4 Å². The minimum atomic E-state index is 0.353. The zero-order valence-corrected chi connectivity index (χ0v) is 14.9. The van der Waals surface area contributed by atoms with Gasteiger partial charge in [-0.25, -0.2) is 15.0 Å². The van der Waals surface area contributed by atoms with Gasteiger partial charge in [-0.15, -0.1) is 12.3 Å². The number of rotatable bonds is 5. The van der Waals surface area contributed by atoms with Crippen molar-refractivity contribution in [1.82, 2.24) is 19.5 Å². The third kappa shape index (κ3) is 3.44. The monoisotopic (exact) mass is 377 g/mol. The molecule has 0 aliphatic rings. The molecule has 0 saturated carbocycles. The van der Waals surface area contributed by atoms with Gasteiger partial charge in [0.2, 0.25) is 0 Å². The number of nitrogens with two attached hydrogens (primary N) is 1. The highest BCUT2D eigenvalue weighted by Crippen LogP contribution is 2.34. The number of hydrogen-bond acceptors (Lipinski definition) is 5. The fourth-order valence-electron chi connectivity index (χ4n) is 2.20. The molecule has 0 aliphatic carbocycles. The zero-order valence-electron chi connectivity index (χ0n) is 12.5. The van der Waals surface area contributed by atoms with E-state index in [1.54, 1.807) is 12.1 Å². The first-order chi connectivity index (χ1) is 11.6. The summed E-state index contributed by atoms with van der Waals surface area (Å²) in [5, 5.41) is 1.77. The lowest BCUT2D eigenvalue weighted by molar-refractivity contribution is 0.615. The Labute approximate surface area is 153 Å². The highest BCUT2D eigenvalue weighted by Gasteiger charge is 2.16. The lowest BCUT2D eigenvalue weighted by Gasteiger charge is -2.07.